The number of aromatic amines is 1. The number of ether oxygens (including phenoxy) is 1. The Balaban J connectivity index is 1.31. The molecule has 0 bridgehead atoms. The standard InChI is InChI=1S/C25H29N5O3/c1-16-5-4-6-17(2)30(16)23(31)15-33-22-13-9-20(10-14-22)25(32)27-21-11-7-19(8-12-21)24-26-18(3)28-29-24/h7-14,16-17H,4-6,15H2,1-3H3,(H,27,32)(H,26,28,29). The van der Waals surface area contributed by atoms with E-state index in [9.17, 15) is 9.59 Å². The van der Waals surface area contributed by atoms with Crippen molar-refractivity contribution in [3.8, 4) is 17.1 Å². The Kier molecular flexibility index (Phi) is 6.72. The Hall–Kier alpha value is -3.68. The molecule has 1 aromatic heterocycles. The normalized spacial score (nSPS) is 18.1. The van der Waals surface area contributed by atoms with E-state index < -0.39 is 0 Å². The van der Waals surface area contributed by atoms with E-state index in [1.54, 1.807) is 24.3 Å². The van der Waals surface area contributed by atoms with Crippen LogP contribution < -0.4 is 10.1 Å². The number of carbonyl (C=O) groups is 2. The van der Waals surface area contributed by atoms with E-state index in [0.717, 1.165) is 30.7 Å². The van der Waals surface area contributed by atoms with Crippen LogP contribution in [0.4, 0.5) is 5.69 Å². The minimum Gasteiger partial charge on any atom is -0.484 e. The lowest BCUT2D eigenvalue weighted by Gasteiger charge is -2.38. The molecule has 172 valence electrons. The van der Waals surface area contributed by atoms with Crippen molar-refractivity contribution in [2.45, 2.75) is 52.1 Å². The van der Waals surface area contributed by atoms with Gasteiger partial charge in [-0.05, 0) is 88.6 Å². The van der Waals surface area contributed by atoms with Gasteiger partial charge >= 0.3 is 0 Å². The number of aromatic nitrogens is 3. The maximum Gasteiger partial charge on any atom is 0.260 e. The van der Waals surface area contributed by atoms with Crippen LogP contribution in [0.2, 0.25) is 0 Å². The number of nitrogens with one attached hydrogen (secondary N) is 2. The summed E-state index contributed by atoms with van der Waals surface area (Å²) in [5.41, 5.74) is 2.04. The second-order valence-electron chi connectivity index (χ2n) is 8.52. The Morgan fingerprint density at radius 1 is 1.06 bits per heavy atom. The first-order valence-corrected chi connectivity index (χ1v) is 11.3. The molecule has 2 heterocycles. The summed E-state index contributed by atoms with van der Waals surface area (Å²) in [4.78, 5) is 31.4. The van der Waals surface area contributed by atoms with Gasteiger partial charge in [-0.15, -0.1) is 0 Å². The molecule has 1 aliphatic heterocycles. The lowest BCUT2D eigenvalue weighted by molar-refractivity contribution is -0.139. The van der Waals surface area contributed by atoms with Gasteiger partial charge in [-0.3, -0.25) is 14.7 Å². The number of anilines is 1. The molecule has 8 nitrogen and oxygen atoms in total. The van der Waals surface area contributed by atoms with E-state index in [1.807, 2.05) is 36.1 Å². The smallest absolute Gasteiger partial charge is 0.260 e. The van der Waals surface area contributed by atoms with Crippen molar-refractivity contribution < 1.29 is 14.3 Å². The summed E-state index contributed by atoms with van der Waals surface area (Å²) in [6, 6.07) is 14.6. The SMILES string of the molecule is Cc1nc(-c2ccc(NC(=O)c3ccc(OCC(=O)N4C(C)CCCC4C)cc3)cc2)n[nH]1. The summed E-state index contributed by atoms with van der Waals surface area (Å²) in [6.07, 6.45) is 3.21. The van der Waals surface area contributed by atoms with Gasteiger partial charge in [0.2, 0.25) is 0 Å². The molecule has 2 atom stereocenters. The molecule has 0 spiro atoms. The third-order valence-electron chi connectivity index (χ3n) is 5.96. The fourth-order valence-electron chi connectivity index (χ4n) is 4.21. The zero-order valence-corrected chi connectivity index (χ0v) is 19.2. The number of nitrogens with zero attached hydrogens (tertiary/aromatic N) is 3. The third-order valence-corrected chi connectivity index (χ3v) is 5.96. The fourth-order valence-corrected chi connectivity index (χ4v) is 4.21. The van der Waals surface area contributed by atoms with Gasteiger partial charge in [-0.2, -0.15) is 5.10 Å². The number of piperidine rings is 1. The average molecular weight is 448 g/mol. The molecule has 2 aromatic carbocycles. The molecule has 3 aromatic rings. The molecule has 1 aliphatic rings. The second-order valence-corrected chi connectivity index (χ2v) is 8.52. The summed E-state index contributed by atoms with van der Waals surface area (Å²) >= 11 is 0. The lowest BCUT2D eigenvalue weighted by Crippen LogP contribution is -2.49. The Morgan fingerprint density at radius 2 is 1.73 bits per heavy atom. The maximum absolute atomic E-state index is 12.6. The molecule has 0 aliphatic carbocycles. The lowest BCUT2D eigenvalue weighted by atomic mass is 9.97. The van der Waals surface area contributed by atoms with Crippen LogP contribution in [0.3, 0.4) is 0 Å². The molecule has 0 radical (unpaired) electrons. The second kappa shape index (κ2) is 9.85. The first-order chi connectivity index (χ1) is 15.9. The Bertz CT molecular complexity index is 1100. The van der Waals surface area contributed by atoms with Gasteiger partial charge in [0.25, 0.3) is 11.8 Å². The van der Waals surface area contributed by atoms with Crippen LogP contribution >= 0.6 is 0 Å². The van der Waals surface area contributed by atoms with Crippen LogP contribution in [-0.4, -0.2) is 50.6 Å². The molecule has 8 heteroatoms. The number of carbonyl (C=O) groups excluding carboxylic acids is 2. The van der Waals surface area contributed by atoms with E-state index >= 15 is 0 Å². The fraction of sp³-hybridized carbons (Fsp3) is 0.360. The minimum absolute atomic E-state index is 0.000154. The summed E-state index contributed by atoms with van der Waals surface area (Å²) in [5, 5.41) is 9.82. The van der Waals surface area contributed by atoms with Crippen molar-refractivity contribution in [3.05, 3.63) is 59.9 Å². The Morgan fingerprint density at radius 3 is 2.33 bits per heavy atom. The van der Waals surface area contributed by atoms with E-state index in [4.69, 9.17) is 4.74 Å². The van der Waals surface area contributed by atoms with Crippen molar-refractivity contribution >= 4 is 17.5 Å². The summed E-state index contributed by atoms with van der Waals surface area (Å²) < 4.78 is 5.69. The molecule has 2 amide bonds. The van der Waals surface area contributed by atoms with Gasteiger partial charge in [0.05, 0.1) is 0 Å². The highest BCUT2D eigenvalue weighted by Gasteiger charge is 2.28. The zero-order valence-electron chi connectivity index (χ0n) is 19.2. The van der Waals surface area contributed by atoms with Crippen LogP contribution in [0.15, 0.2) is 48.5 Å². The van der Waals surface area contributed by atoms with Crippen LogP contribution in [0, 0.1) is 6.92 Å². The molecule has 2 N–H and O–H groups in total. The van der Waals surface area contributed by atoms with Gasteiger partial charge in [-0.25, -0.2) is 4.98 Å². The number of hydrogen-bond acceptors (Lipinski definition) is 5. The number of hydrogen-bond donors (Lipinski definition) is 2. The number of aryl methyl sites for hydroxylation is 1. The topological polar surface area (TPSA) is 100 Å². The van der Waals surface area contributed by atoms with E-state index in [2.05, 4.69) is 34.3 Å². The molecule has 1 fully saturated rings. The van der Waals surface area contributed by atoms with E-state index in [-0.39, 0.29) is 30.5 Å². The predicted octanol–water partition coefficient (Wildman–Crippen LogP) is 4.20. The predicted molar refractivity (Wildman–Crippen MR) is 126 cm³/mol. The molecule has 33 heavy (non-hydrogen) atoms. The minimum atomic E-state index is -0.227. The number of rotatable bonds is 6. The molecular weight excluding hydrogens is 418 g/mol. The number of amides is 2. The maximum atomic E-state index is 12.6. The molecular formula is C25H29N5O3. The third kappa shape index (κ3) is 5.39. The van der Waals surface area contributed by atoms with Crippen molar-refractivity contribution in [2.24, 2.45) is 0 Å². The van der Waals surface area contributed by atoms with Crippen LogP contribution in [-0.2, 0) is 4.79 Å². The van der Waals surface area contributed by atoms with Gasteiger partial charge in [0, 0.05) is 28.9 Å². The number of benzene rings is 2. The van der Waals surface area contributed by atoms with Gasteiger partial charge < -0.3 is 15.0 Å². The monoisotopic (exact) mass is 447 g/mol. The first kappa shape index (κ1) is 22.5. The van der Waals surface area contributed by atoms with Gasteiger partial charge in [0.15, 0.2) is 12.4 Å². The largest absolute Gasteiger partial charge is 0.484 e. The summed E-state index contributed by atoms with van der Waals surface area (Å²) in [5.74, 6) is 1.69. The van der Waals surface area contributed by atoms with Gasteiger partial charge in [0.1, 0.15) is 11.6 Å². The molecule has 0 saturated carbocycles. The highest BCUT2D eigenvalue weighted by Crippen LogP contribution is 2.23. The van der Waals surface area contributed by atoms with Crippen molar-refractivity contribution in [3.63, 3.8) is 0 Å². The van der Waals surface area contributed by atoms with Gasteiger partial charge in [-0.1, -0.05) is 0 Å². The zero-order chi connectivity index (χ0) is 23.4. The summed E-state index contributed by atoms with van der Waals surface area (Å²) in [7, 11) is 0. The van der Waals surface area contributed by atoms with Crippen molar-refractivity contribution in [2.75, 3.05) is 11.9 Å². The number of H-pyrrole nitrogens is 1. The van der Waals surface area contributed by atoms with Crippen LogP contribution in [0.5, 0.6) is 5.75 Å². The van der Waals surface area contributed by atoms with E-state index in [1.165, 1.54) is 0 Å². The van der Waals surface area contributed by atoms with Crippen LogP contribution in [0.1, 0.15) is 49.3 Å². The highest BCUT2D eigenvalue weighted by molar-refractivity contribution is 6.04. The van der Waals surface area contributed by atoms with Crippen molar-refractivity contribution in [1.82, 2.24) is 20.1 Å². The first-order valence-electron chi connectivity index (χ1n) is 11.3. The average Bonchev–Trinajstić information content (AvgIpc) is 3.24. The molecule has 4 rings (SSSR count). The molecule has 2 unspecified atom stereocenters. The highest BCUT2D eigenvalue weighted by atomic mass is 16.5. The van der Waals surface area contributed by atoms with Crippen LogP contribution in [0.25, 0.3) is 11.4 Å². The quantitative estimate of drug-likeness (QED) is 0.590. The molecule has 1 saturated heterocycles. The number of likely N-dealkylation sites (tertiary alicyclic amines) is 1. The van der Waals surface area contributed by atoms with E-state index in [0.29, 0.717) is 22.8 Å². The van der Waals surface area contributed by atoms with Crippen molar-refractivity contribution in [1.29, 1.82) is 0 Å². The Labute approximate surface area is 193 Å². The summed E-state index contributed by atoms with van der Waals surface area (Å²) in [6.45, 7) is 6.01.